The molecular weight excluding hydrogens is 232 g/mol. The van der Waals surface area contributed by atoms with Crippen molar-refractivity contribution in [3.63, 3.8) is 0 Å². The Kier molecular flexibility index (Phi) is 2.30. The molecule has 0 saturated heterocycles. The van der Waals surface area contributed by atoms with Gasteiger partial charge in [0.15, 0.2) is 0 Å². The Morgan fingerprint density at radius 2 is 2.31 bits per heavy atom. The molecule has 0 unspecified atom stereocenters. The van der Waals surface area contributed by atoms with Crippen molar-refractivity contribution in [3.8, 4) is 5.75 Å². The molecule has 70 valence electrons. The van der Waals surface area contributed by atoms with Crippen molar-refractivity contribution in [1.29, 1.82) is 0 Å². The minimum absolute atomic E-state index is 0.391. The van der Waals surface area contributed by atoms with E-state index in [1.54, 1.807) is 0 Å². The largest absolute Gasteiger partial charge is 0.493 e. The number of rotatable bonds is 0. The number of aliphatic hydroxyl groups is 1. The molecule has 0 radical (unpaired) electrons. The Balaban J connectivity index is 2.60. The average Bonchev–Trinajstić information content (AvgIpc) is 2.12. The summed E-state index contributed by atoms with van der Waals surface area (Å²) in [4.78, 5) is 0. The van der Waals surface area contributed by atoms with Crippen molar-refractivity contribution in [2.24, 2.45) is 0 Å². The number of aryl methyl sites for hydroxylation is 1. The lowest BCUT2D eigenvalue weighted by molar-refractivity contribution is 0.114. The molecule has 0 bridgehead atoms. The third kappa shape index (κ3) is 1.46. The molecule has 0 amide bonds. The SMILES string of the molecule is Cc1ccc(Br)c2c1OCC[C@@H]2O. The van der Waals surface area contributed by atoms with Gasteiger partial charge in [-0.05, 0) is 18.6 Å². The summed E-state index contributed by atoms with van der Waals surface area (Å²) in [6.07, 6.45) is 0.285. The van der Waals surface area contributed by atoms with Gasteiger partial charge in [-0.25, -0.2) is 0 Å². The van der Waals surface area contributed by atoms with Crippen LogP contribution in [0.3, 0.4) is 0 Å². The molecule has 0 saturated carbocycles. The third-order valence-electron chi connectivity index (χ3n) is 2.31. The van der Waals surface area contributed by atoms with Crippen LogP contribution in [0.5, 0.6) is 5.75 Å². The van der Waals surface area contributed by atoms with Gasteiger partial charge in [0.05, 0.1) is 12.7 Å². The van der Waals surface area contributed by atoms with Crippen LogP contribution in [0.1, 0.15) is 23.7 Å². The molecule has 1 atom stereocenters. The summed E-state index contributed by atoms with van der Waals surface area (Å²) in [6.45, 7) is 2.59. The second-order valence-electron chi connectivity index (χ2n) is 3.26. The molecule has 0 aliphatic carbocycles. The van der Waals surface area contributed by atoms with Gasteiger partial charge < -0.3 is 9.84 Å². The predicted octanol–water partition coefficient (Wildman–Crippen LogP) is 2.57. The molecule has 1 heterocycles. The first kappa shape index (κ1) is 9.03. The summed E-state index contributed by atoms with van der Waals surface area (Å²) in [5.74, 6) is 0.841. The van der Waals surface area contributed by atoms with Crippen LogP contribution < -0.4 is 4.74 Å². The molecule has 0 fully saturated rings. The number of ether oxygens (including phenoxy) is 1. The highest BCUT2D eigenvalue weighted by Crippen LogP contribution is 2.39. The van der Waals surface area contributed by atoms with Crippen molar-refractivity contribution in [2.45, 2.75) is 19.4 Å². The fourth-order valence-electron chi connectivity index (χ4n) is 1.60. The molecule has 1 aromatic carbocycles. The third-order valence-corrected chi connectivity index (χ3v) is 3.00. The van der Waals surface area contributed by atoms with Gasteiger partial charge in [0.2, 0.25) is 0 Å². The van der Waals surface area contributed by atoms with Crippen LogP contribution in [0.4, 0.5) is 0 Å². The number of aliphatic hydroxyl groups excluding tert-OH is 1. The van der Waals surface area contributed by atoms with Crippen molar-refractivity contribution in [3.05, 3.63) is 27.7 Å². The first-order valence-electron chi connectivity index (χ1n) is 4.30. The maximum absolute atomic E-state index is 9.76. The number of benzene rings is 1. The second-order valence-corrected chi connectivity index (χ2v) is 4.11. The van der Waals surface area contributed by atoms with Crippen molar-refractivity contribution >= 4 is 15.9 Å². The molecule has 3 heteroatoms. The molecule has 0 aromatic heterocycles. The van der Waals surface area contributed by atoms with Crippen LogP contribution in [0, 0.1) is 6.92 Å². The van der Waals surface area contributed by atoms with Crippen LogP contribution in [0.25, 0.3) is 0 Å². The Hall–Kier alpha value is -0.540. The molecule has 1 N–H and O–H groups in total. The molecule has 0 spiro atoms. The standard InChI is InChI=1S/C10H11BrO2/c1-6-2-3-7(11)9-8(12)4-5-13-10(6)9/h2-3,8,12H,4-5H2,1H3/t8-/m0/s1. The van der Waals surface area contributed by atoms with Gasteiger partial charge in [-0.15, -0.1) is 0 Å². The Bertz CT molecular complexity index is 336. The van der Waals surface area contributed by atoms with Crippen LogP contribution in [-0.2, 0) is 0 Å². The van der Waals surface area contributed by atoms with Crippen LogP contribution >= 0.6 is 15.9 Å². The quantitative estimate of drug-likeness (QED) is 0.758. The molecule has 1 aliphatic rings. The van der Waals surface area contributed by atoms with Crippen LogP contribution in [0.15, 0.2) is 16.6 Å². The fraction of sp³-hybridized carbons (Fsp3) is 0.400. The Labute approximate surface area is 85.7 Å². The molecule has 2 nitrogen and oxygen atoms in total. The summed E-state index contributed by atoms with van der Waals surface area (Å²) in [5, 5.41) is 9.76. The van der Waals surface area contributed by atoms with E-state index in [0.29, 0.717) is 13.0 Å². The van der Waals surface area contributed by atoms with Gasteiger partial charge in [0.1, 0.15) is 5.75 Å². The van der Waals surface area contributed by atoms with E-state index >= 15 is 0 Å². The van der Waals surface area contributed by atoms with Gasteiger partial charge in [0, 0.05) is 16.5 Å². The van der Waals surface area contributed by atoms with E-state index in [1.807, 2.05) is 19.1 Å². The lowest BCUT2D eigenvalue weighted by Gasteiger charge is -2.24. The van der Waals surface area contributed by atoms with E-state index in [1.165, 1.54) is 0 Å². The van der Waals surface area contributed by atoms with Crippen LogP contribution in [-0.4, -0.2) is 11.7 Å². The van der Waals surface area contributed by atoms with Gasteiger partial charge in [0.25, 0.3) is 0 Å². The van der Waals surface area contributed by atoms with Crippen molar-refractivity contribution in [1.82, 2.24) is 0 Å². The minimum Gasteiger partial charge on any atom is -0.493 e. The lowest BCUT2D eigenvalue weighted by atomic mass is 10.0. The number of hydrogen-bond acceptors (Lipinski definition) is 2. The molecule has 1 aromatic rings. The zero-order valence-electron chi connectivity index (χ0n) is 7.38. The molecule has 1 aliphatic heterocycles. The van der Waals surface area contributed by atoms with Gasteiger partial charge in [-0.1, -0.05) is 22.0 Å². The number of hydrogen-bond donors (Lipinski definition) is 1. The first-order valence-corrected chi connectivity index (χ1v) is 5.09. The highest BCUT2D eigenvalue weighted by molar-refractivity contribution is 9.10. The van der Waals surface area contributed by atoms with E-state index in [9.17, 15) is 5.11 Å². The van der Waals surface area contributed by atoms with Gasteiger partial charge in [-0.2, -0.15) is 0 Å². The molecule has 2 rings (SSSR count). The predicted molar refractivity (Wildman–Crippen MR) is 54.0 cm³/mol. The average molecular weight is 243 g/mol. The Morgan fingerprint density at radius 3 is 3.00 bits per heavy atom. The summed E-state index contributed by atoms with van der Waals surface area (Å²) in [5.41, 5.74) is 1.98. The first-order chi connectivity index (χ1) is 6.20. The van der Waals surface area contributed by atoms with Crippen molar-refractivity contribution < 1.29 is 9.84 Å². The second kappa shape index (κ2) is 3.31. The zero-order chi connectivity index (χ0) is 9.42. The smallest absolute Gasteiger partial charge is 0.129 e. The normalized spacial score (nSPS) is 20.7. The highest BCUT2D eigenvalue weighted by atomic mass is 79.9. The molecular formula is C10H11BrO2. The topological polar surface area (TPSA) is 29.5 Å². The van der Waals surface area contributed by atoms with Crippen LogP contribution in [0.2, 0.25) is 0 Å². The monoisotopic (exact) mass is 242 g/mol. The van der Waals surface area contributed by atoms with E-state index in [0.717, 1.165) is 21.3 Å². The summed E-state index contributed by atoms with van der Waals surface area (Å²) >= 11 is 3.42. The maximum Gasteiger partial charge on any atom is 0.129 e. The lowest BCUT2D eigenvalue weighted by Crippen LogP contribution is -2.15. The Morgan fingerprint density at radius 1 is 1.54 bits per heavy atom. The van der Waals surface area contributed by atoms with E-state index < -0.39 is 6.10 Å². The zero-order valence-corrected chi connectivity index (χ0v) is 8.97. The van der Waals surface area contributed by atoms with Gasteiger partial charge >= 0.3 is 0 Å². The molecule has 13 heavy (non-hydrogen) atoms. The minimum atomic E-state index is -0.391. The van der Waals surface area contributed by atoms with E-state index in [2.05, 4.69) is 15.9 Å². The van der Waals surface area contributed by atoms with E-state index in [4.69, 9.17) is 4.74 Å². The van der Waals surface area contributed by atoms with Gasteiger partial charge in [-0.3, -0.25) is 0 Å². The summed E-state index contributed by atoms with van der Waals surface area (Å²) in [7, 11) is 0. The van der Waals surface area contributed by atoms with Crippen molar-refractivity contribution in [2.75, 3.05) is 6.61 Å². The number of fused-ring (bicyclic) bond motifs is 1. The maximum atomic E-state index is 9.76. The summed E-state index contributed by atoms with van der Waals surface area (Å²) in [6, 6.07) is 3.94. The summed E-state index contributed by atoms with van der Waals surface area (Å²) < 4.78 is 6.45. The number of halogens is 1. The fourth-order valence-corrected chi connectivity index (χ4v) is 2.18. The highest BCUT2D eigenvalue weighted by Gasteiger charge is 2.23. The van der Waals surface area contributed by atoms with E-state index in [-0.39, 0.29) is 0 Å².